The van der Waals surface area contributed by atoms with Gasteiger partial charge in [0.25, 0.3) is 5.91 Å². The van der Waals surface area contributed by atoms with E-state index in [-0.39, 0.29) is 36.2 Å². The number of imide groups is 1. The van der Waals surface area contributed by atoms with Crippen molar-refractivity contribution >= 4 is 29.4 Å². The molecule has 5 heterocycles. The average molecular weight is 586 g/mol. The molecule has 10 heteroatoms. The Hall–Kier alpha value is -3.76. The monoisotopic (exact) mass is 585 g/mol. The number of nitrogens with zero attached hydrogens (tertiary/aromatic N) is 4. The van der Waals surface area contributed by atoms with E-state index in [1.54, 1.807) is 4.90 Å². The van der Waals surface area contributed by atoms with Gasteiger partial charge in [0.15, 0.2) is 0 Å². The first kappa shape index (κ1) is 28.0. The maximum absolute atomic E-state index is 13.2. The third-order valence-electron chi connectivity index (χ3n) is 9.91. The number of urea groups is 1. The average Bonchev–Trinajstić information content (AvgIpc) is 3.57. The molecule has 0 saturated carbocycles. The molecule has 7 rings (SSSR count). The van der Waals surface area contributed by atoms with Crippen molar-refractivity contribution in [2.45, 2.75) is 69.6 Å². The first-order chi connectivity index (χ1) is 20.9. The van der Waals surface area contributed by atoms with Crippen LogP contribution in [0.4, 0.5) is 10.5 Å². The highest BCUT2D eigenvalue weighted by molar-refractivity contribution is 6.05. The molecular weight excluding hydrogens is 546 g/mol. The Morgan fingerprint density at radius 2 is 1.65 bits per heavy atom. The summed E-state index contributed by atoms with van der Waals surface area (Å²) in [5.74, 6) is -0.350. The Morgan fingerprint density at radius 3 is 2.44 bits per heavy atom. The molecule has 43 heavy (non-hydrogen) atoms. The number of piperidine rings is 2. The van der Waals surface area contributed by atoms with Crippen molar-refractivity contribution in [3.05, 3.63) is 64.7 Å². The van der Waals surface area contributed by atoms with Gasteiger partial charge in [0, 0.05) is 63.1 Å². The van der Waals surface area contributed by atoms with Gasteiger partial charge in [-0.15, -0.1) is 0 Å². The molecule has 5 aliphatic rings. The van der Waals surface area contributed by atoms with Gasteiger partial charge in [-0.2, -0.15) is 0 Å². The summed E-state index contributed by atoms with van der Waals surface area (Å²) in [4.78, 5) is 58.3. The number of rotatable bonds is 6. The molecule has 0 bridgehead atoms. The van der Waals surface area contributed by atoms with E-state index in [1.165, 1.54) is 11.1 Å². The summed E-state index contributed by atoms with van der Waals surface area (Å²) in [6.07, 6.45) is 4.54. The molecule has 4 saturated heterocycles. The van der Waals surface area contributed by atoms with Gasteiger partial charge >= 0.3 is 6.03 Å². The third-order valence-corrected chi connectivity index (χ3v) is 9.91. The van der Waals surface area contributed by atoms with E-state index in [2.05, 4.69) is 40.5 Å². The first-order valence-corrected chi connectivity index (χ1v) is 15.7. The molecule has 1 N–H and O–H groups in total. The minimum atomic E-state index is -0.586. The van der Waals surface area contributed by atoms with Crippen molar-refractivity contribution in [2.75, 3.05) is 44.3 Å². The van der Waals surface area contributed by atoms with Crippen LogP contribution in [0, 0.1) is 0 Å². The highest BCUT2D eigenvalue weighted by Crippen LogP contribution is 2.34. The Balaban J connectivity index is 0.946. The van der Waals surface area contributed by atoms with Crippen LogP contribution in [0.3, 0.4) is 0 Å². The van der Waals surface area contributed by atoms with Crippen molar-refractivity contribution in [3.8, 4) is 0 Å². The Bertz CT molecular complexity index is 1430. The van der Waals surface area contributed by atoms with Gasteiger partial charge < -0.3 is 14.5 Å². The molecule has 5 aliphatic heterocycles. The molecule has 4 fully saturated rings. The third kappa shape index (κ3) is 5.54. The first-order valence-electron chi connectivity index (χ1n) is 15.7. The van der Waals surface area contributed by atoms with Crippen LogP contribution >= 0.6 is 0 Å². The van der Waals surface area contributed by atoms with Gasteiger partial charge in [-0.05, 0) is 86.0 Å². The number of carbonyl (C=O) groups excluding carboxylic acids is 4. The number of likely N-dealkylation sites (tertiary alicyclic amines) is 1. The number of carbonyl (C=O) groups is 4. The minimum Gasteiger partial charge on any atom is -0.381 e. The van der Waals surface area contributed by atoms with Gasteiger partial charge in [-0.25, -0.2) is 4.79 Å². The molecular formula is C33H39N5O5. The molecule has 2 aromatic rings. The van der Waals surface area contributed by atoms with Crippen LogP contribution in [0.15, 0.2) is 42.5 Å². The standard InChI is InChI=1S/C33H39N5O5/c39-30-7-6-29(31(40)34-30)38-21-25-19-24(4-5-28(25)32(38)41)23-8-12-35(13-9-23)20-22-2-1-3-27(18-22)37-15-14-36(33(37)42)26-10-16-43-17-11-26/h1-5,18-19,23,26,29H,6-17,20-21H2,(H,34,39,40). The van der Waals surface area contributed by atoms with Crippen molar-refractivity contribution in [2.24, 2.45) is 0 Å². The molecule has 0 aliphatic carbocycles. The van der Waals surface area contributed by atoms with E-state index in [0.29, 0.717) is 24.4 Å². The highest BCUT2D eigenvalue weighted by atomic mass is 16.5. The van der Waals surface area contributed by atoms with E-state index >= 15 is 0 Å². The second-order valence-corrected chi connectivity index (χ2v) is 12.5. The number of ether oxygens (including phenoxy) is 1. The highest BCUT2D eigenvalue weighted by Gasteiger charge is 2.39. The summed E-state index contributed by atoms with van der Waals surface area (Å²) in [5.41, 5.74) is 5.08. The number of anilines is 1. The van der Waals surface area contributed by atoms with Gasteiger partial charge in [-0.3, -0.25) is 29.5 Å². The minimum absolute atomic E-state index is 0.112. The molecule has 1 atom stereocenters. The fourth-order valence-corrected chi connectivity index (χ4v) is 7.48. The molecule has 1 unspecified atom stereocenters. The van der Waals surface area contributed by atoms with E-state index in [1.807, 2.05) is 21.9 Å². The molecule has 226 valence electrons. The number of hydrogen-bond acceptors (Lipinski definition) is 6. The van der Waals surface area contributed by atoms with Gasteiger partial charge in [0.1, 0.15) is 6.04 Å². The summed E-state index contributed by atoms with van der Waals surface area (Å²) in [6, 6.07) is 14.4. The smallest absolute Gasteiger partial charge is 0.324 e. The van der Waals surface area contributed by atoms with Crippen LogP contribution in [0.1, 0.15) is 71.5 Å². The Labute approximate surface area is 251 Å². The predicted octanol–water partition coefficient (Wildman–Crippen LogP) is 3.25. The van der Waals surface area contributed by atoms with Crippen LogP contribution in [-0.2, 0) is 27.4 Å². The number of fused-ring (bicyclic) bond motifs is 1. The zero-order chi connectivity index (χ0) is 29.5. The molecule has 5 amide bonds. The fourth-order valence-electron chi connectivity index (χ4n) is 7.48. The summed E-state index contributed by atoms with van der Waals surface area (Å²) >= 11 is 0. The summed E-state index contributed by atoms with van der Waals surface area (Å²) in [7, 11) is 0. The van der Waals surface area contributed by atoms with Gasteiger partial charge in [0.2, 0.25) is 11.8 Å². The maximum Gasteiger partial charge on any atom is 0.324 e. The van der Waals surface area contributed by atoms with Gasteiger partial charge in [0.05, 0.1) is 0 Å². The van der Waals surface area contributed by atoms with Crippen molar-refractivity contribution in [3.63, 3.8) is 0 Å². The summed E-state index contributed by atoms with van der Waals surface area (Å²) in [6.45, 7) is 6.18. The van der Waals surface area contributed by atoms with Gasteiger partial charge in [-0.1, -0.05) is 24.3 Å². The van der Waals surface area contributed by atoms with E-state index in [4.69, 9.17) is 4.74 Å². The topological polar surface area (TPSA) is 102 Å². The van der Waals surface area contributed by atoms with Crippen LogP contribution < -0.4 is 10.2 Å². The second kappa shape index (κ2) is 11.7. The molecule has 0 radical (unpaired) electrons. The molecule has 2 aromatic carbocycles. The molecule has 0 spiro atoms. The van der Waals surface area contributed by atoms with E-state index in [9.17, 15) is 19.2 Å². The van der Waals surface area contributed by atoms with Crippen LogP contribution in [0.25, 0.3) is 0 Å². The van der Waals surface area contributed by atoms with Crippen LogP contribution in [0.2, 0.25) is 0 Å². The van der Waals surface area contributed by atoms with E-state index < -0.39 is 6.04 Å². The zero-order valence-corrected chi connectivity index (χ0v) is 24.5. The van der Waals surface area contributed by atoms with Crippen molar-refractivity contribution in [1.82, 2.24) is 20.0 Å². The lowest BCUT2D eigenvalue weighted by molar-refractivity contribution is -0.136. The lowest BCUT2D eigenvalue weighted by Crippen LogP contribution is -2.52. The van der Waals surface area contributed by atoms with E-state index in [0.717, 1.165) is 82.9 Å². The lowest BCUT2D eigenvalue weighted by Gasteiger charge is -2.32. The van der Waals surface area contributed by atoms with Crippen LogP contribution in [-0.4, -0.2) is 89.9 Å². The Morgan fingerprint density at radius 1 is 0.837 bits per heavy atom. The summed E-state index contributed by atoms with van der Waals surface area (Å²) in [5, 5.41) is 2.37. The SMILES string of the molecule is O=C1CCC(N2Cc3cc(C4CCN(Cc5cccc(N6CCN(C7CCOCC7)C6=O)c5)CC4)ccc3C2=O)C(=O)N1. The molecule has 10 nitrogen and oxygen atoms in total. The van der Waals surface area contributed by atoms with Crippen LogP contribution in [0.5, 0.6) is 0 Å². The maximum atomic E-state index is 13.2. The second-order valence-electron chi connectivity index (χ2n) is 12.5. The van der Waals surface area contributed by atoms with Crippen molar-refractivity contribution < 1.29 is 23.9 Å². The number of benzene rings is 2. The quantitative estimate of drug-likeness (QED) is 0.523. The normalized spacial score (nSPS) is 24.2. The zero-order valence-electron chi connectivity index (χ0n) is 24.5. The number of amides is 5. The fraction of sp³-hybridized carbons (Fsp3) is 0.515. The predicted molar refractivity (Wildman–Crippen MR) is 159 cm³/mol. The lowest BCUT2D eigenvalue weighted by atomic mass is 9.87. The van der Waals surface area contributed by atoms with Crippen molar-refractivity contribution in [1.29, 1.82) is 0 Å². The number of nitrogens with one attached hydrogen (secondary N) is 1. The Kier molecular flexibility index (Phi) is 7.65. The molecule has 0 aromatic heterocycles. The largest absolute Gasteiger partial charge is 0.381 e. The summed E-state index contributed by atoms with van der Waals surface area (Å²) < 4.78 is 5.49. The number of hydrogen-bond donors (Lipinski definition) is 1.